The van der Waals surface area contributed by atoms with Crippen LogP contribution in [0.15, 0.2) is 30.7 Å². The van der Waals surface area contributed by atoms with Crippen LogP contribution in [-0.2, 0) is 13.0 Å². The lowest BCUT2D eigenvalue weighted by atomic mass is 10.2. The third-order valence-corrected chi connectivity index (χ3v) is 2.54. The van der Waals surface area contributed by atoms with Gasteiger partial charge < -0.3 is 14.7 Å². The number of pyridine rings is 1. The summed E-state index contributed by atoms with van der Waals surface area (Å²) in [4.78, 5) is 17.9. The first-order valence-electron chi connectivity index (χ1n) is 5.24. The molecule has 0 aliphatic rings. The summed E-state index contributed by atoms with van der Waals surface area (Å²) in [5, 5.41) is 10.6. The Morgan fingerprint density at radius 1 is 1.41 bits per heavy atom. The number of aryl methyl sites for hydroxylation is 3. The third-order valence-electron chi connectivity index (χ3n) is 2.54. The second kappa shape index (κ2) is 4.73. The minimum absolute atomic E-state index is 0.0998. The molecule has 0 aliphatic heterocycles. The highest BCUT2D eigenvalue weighted by Crippen LogP contribution is 2.11. The van der Waals surface area contributed by atoms with E-state index in [4.69, 9.17) is 0 Å². The zero-order valence-electron chi connectivity index (χ0n) is 9.41. The highest BCUT2D eigenvalue weighted by molar-refractivity contribution is 5.17. The molecular formula is C11H12N4O2. The minimum atomic E-state index is -0.476. The molecular weight excluding hydrogens is 220 g/mol. The molecule has 2 rings (SSSR count). The molecule has 88 valence electrons. The van der Waals surface area contributed by atoms with Gasteiger partial charge in [0.2, 0.25) is 5.82 Å². The Bertz CT molecular complexity index is 522. The van der Waals surface area contributed by atoms with E-state index in [1.54, 1.807) is 23.9 Å². The van der Waals surface area contributed by atoms with Crippen LogP contribution in [0.25, 0.3) is 0 Å². The molecule has 0 aromatic carbocycles. The van der Waals surface area contributed by atoms with Crippen molar-refractivity contribution in [2.75, 3.05) is 0 Å². The van der Waals surface area contributed by atoms with Crippen LogP contribution in [0.3, 0.4) is 0 Å². The van der Waals surface area contributed by atoms with Gasteiger partial charge in [-0.1, -0.05) is 0 Å². The lowest BCUT2D eigenvalue weighted by Gasteiger charge is -2.02. The van der Waals surface area contributed by atoms with Gasteiger partial charge in [-0.2, -0.15) is 0 Å². The second-order valence-corrected chi connectivity index (χ2v) is 3.70. The summed E-state index contributed by atoms with van der Waals surface area (Å²) in [6.07, 6.45) is 5.74. The molecule has 6 nitrogen and oxygen atoms in total. The maximum absolute atomic E-state index is 10.6. The van der Waals surface area contributed by atoms with E-state index in [1.807, 2.05) is 12.1 Å². The van der Waals surface area contributed by atoms with Gasteiger partial charge in [-0.15, -0.1) is 0 Å². The van der Waals surface area contributed by atoms with Crippen LogP contribution in [0.1, 0.15) is 11.4 Å². The van der Waals surface area contributed by atoms with E-state index >= 15 is 0 Å². The maximum atomic E-state index is 10.6. The monoisotopic (exact) mass is 232 g/mol. The standard InChI is InChI=1S/C11H12N4O2/c1-9-13-11(15(16)17)8-14(9)7-4-10-2-5-12-6-3-10/h2-3,5-6,8H,4,7H2,1H3. The van der Waals surface area contributed by atoms with Gasteiger partial charge in [0.25, 0.3) is 0 Å². The second-order valence-electron chi connectivity index (χ2n) is 3.70. The molecule has 0 aliphatic carbocycles. The Balaban J connectivity index is 2.07. The molecule has 17 heavy (non-hydrogen) atoms. The lowest BCUT2D eigenvalue weighted by Crippen LogP contribution is -2.02. The Hall–Kier alpha value is -2.24. The molecule has 0 saturated carbocycles. The number of nitrogens with zero attached hydrogens (tertiary/aromatic N) is 4. The van der Waals surface area contributed by atoms with Gasteiger partial charge >= 0.3 is 5.82 Å². The molecule has 0 atom stereocenters. The minimum Gasteiger partial charge on any atom is -0.358 e. The summed E-state index contributed by atoms with van der Waals surface area (Å²) in [6.45, 7) is 2.44. The van der Waals surface area contributed by atoms with Crippen molar-refractivity contribution < 1.29 is 4.92 Å². The fourth-order valence-corrected chi connectivity index (χ4v) is 1.60. The van der Waals surface area contributed by atoms with Crippen molar-refractivity contribution in [3.63, 3.8) is 0 Å². The van der Waals surface area contributed by atoms with Gasteiger partial charge in [-0.3, -0.25) is 4.98 Å². The molecule has 2 heterocycles. The van der Waals surface area contributed by atoms with E-state index in [-0.39, 0.29) is 5.82 Å². The van der Waals surface area contributed by atoms with E-state index in [0.717, 1.165) is 12.0 Å². The first-order chi connectivity index (χ1) is 8.16. The van der Waals surface area contributed by atoms with Crippen molar-refractivity contribution >= 4 is 5.82 Å². The third kappa shape index (κ3) is 2.66. The van der Waals surface area contributed by atoms with E-state index in [9.17, 15) is 10.1 Å². The van der Waals surface area contributed by atoms with Crippen molar-refractivity contribution in [2.24, 2.45) is 0 Å². The fraction of sp³-hybridized carbons (Fsp3) is 0.273. The molecule has 0 spiro atoms. The van der Waals surface area contributed by atoms with Gasteiger partial charge in [0.1, 0.15) is 6.20 Å². The fourth-order valence-electron chi connectivity index (χ4n) is 1.60. The largest absolute Gasteiger partial charge is 0.381 e. The lowest BCUT2D eigenvalue weighted by molar-refractivity contribution is -0.389. The van der Waals surface area contributed by atoms with Gasteiger partial charge in [0.15, 0.2) is 0 Å². The summed E-state index contributed by atoms with van der Waals surface area (Å²) in [5.41, 5.74) is 1.15. The van der Waals surface area contributed by atoms with Gasteiger partial charge in [0.05, 0.1) is 0 Å². The average molecular weight is 232 g/mol. The Kier molecular flexibility index (Phi) is 3.13. The van der Waals surface area contributed by atoms with Crippen molar-refractivity contribution in [2.45, 2.75) is 19.9 Å². The zero-order chi connectivity index (χ0) is 12.3. The zero-order valence-corrected chi connectivity index (χ0v) is 9.41. The number of rotatable bonds is 4. The molecule has 0 fully saturated rings. The summed E-state index contributed by atoms with van der Waals surface area (Å²) < 4.78 is 1.79. The Labute approximate surface area is 98.1 Å². The van der Waals surface area contributed by atoms with Crippen LogP contribution in [0.5, 0.6) is 0 Å². The van der Waals surface area contributed by atoms with Crippen LogP contribution in [-0.4, -0.2) is 19.5 Å². The Morgan fingerprint density at radius 2 is 2.12 bits per heavy atom. The number of hydrogen-bond acceptors (Lipinski definition) is 4. The Morgan fingerprint density at radius 3 is 2.71 bits per heavy atom. The van der Waals surface area contributed by atoms with E-state index in [1.165, 1.54) is 6.20 Å². The quantitative estimate of drug-likeness (QED) is 0.594. The van der Waals surface area contributed by atoms with Crippen LogP contribution < -0.4 is 0 Å². The first kappa shape index (κ1) is 11.3. The number of aromatic nitrogens is 3. The highest BCUT2D eigenvalue weighted by atomic mass is 16.6. The SMILES string of the molecule is Cc1nc([N+](=O)[O-])cn1CCc1ccncc1. The number of hydrogen-bond donors (Lipinski definition) is 0. The van der Waals surface area contributed by atoms with Crippen LogP contribution >= 0.6 is 0 Å². The smallest absolute Gasteiger partial charge is 0.358 e. The predicted octanol–water partition coefficient (Wildman–Crippen LogP) is 1.74. The highest BCUT2D eigenvalue weighted by Gasteiger charge is 2.14. The maximum Gasteiger partial charge on any atom is 0.381 e. The van der Waals surface area contributed by atoms with Crippen LogP contribution in [0.2, 0.25) is 0 Å². The predicted molar refractivity (Wildman–Crippen MR) is 61.6 cm³/mol. The molecule has 2 aromatic rings. The molecule has 6 heteroatoms. The summed E-state index contributed by atoms with van der Waals surface area (Å²) in [6, 6.07) is 3.86. The van der Waals surface area contributed by atoms with E-state index in [2.05, 4.69) is 9.97 Å². The van der Waals surface area contributed by atoms with Crippen molar-refractivity contribution in [1.29, 1.82) is 0 Å². The van der Waals surface area contributed by atoms with Crippen LogP contribution in [0.4, 0.5) is 5.82 Å². The van der Waals surface area contributed by atoms with Crippen molar-refractivity contribution in [3.8, 4) is 0 Å². The van der Waals surface area contributed by atoms with Crippen molar-refractivity contribution in [3.05, 3.63) is 52.2 Å². The number of imidazole rings is 1. The topological polar surface area (TPSA) is 73.8 Å². The molecule has 2 aromatic heterocycles. The van der Waals surface area contributed by atoms with Gasteiger partial charge in [0, 0.05) is 25.9 Å². The summed E-state index contributed by atoms with van der Waals surface area (Å²) >= 11 is 0. The normalized spacial score (nSPS) is 10.4. The summed E-state index contributed by atoms with van der Waals surface area (Å²) in [7, 11) is 0. The van der Waals surface area contributed by atoms with Gasteiger partial charge in [-0.25, -0.2) is 0 Å². The molecule has 0 radical (unpaired) electrons. The molecule has 0 saturated heterocycles. The average Bonchev–Trinajstić information content (AvgIpc) is 2.70. The van der Waals surface area contributed by atoms with Gasteiger partial charge in [-0.05, 0) is 34.0 Å². The molecule has 0 bridgehead atoms. The van der Waals surface area contributed by atoms with Crippen molar-refractivity contribution in [1.82, 2.24) is 14.5 Å². The molecule has 0 amide bonds. The van der Waals surface area contributed by atoms with Crippen LogP contribution in [0, 0.1) is 17.0 Å². The molecule has 0 N–H and O–H groups in total. The number of nitro groups is 1. The van der Waals surface area contributed by atoms with E-state index in [0.29, 0.717) is 12.4 Å². The summed E-state index contributed by atoms with van der Waals surface area (Å²) in [5.74, 6) is 0.558. The first-order valence-corrected chi connectivity index (χ1v) is 5.24. The van der Waals surface area contributed by atoms with E-state index < -0.39 is 4.92 Å². The molecule has 0 unspecified atom stereocenters.